The summed E-state index contributed by atoms with van der Waals surface area (Å²) in [5.41, 5.74) is 3.06. The summed E-state index contributed by atoms with van der Waals surface area (Å²) in [5.74, 6) is 1.89. The Bertz CT molecular complexity index is 954. The van der Waals surface area contributed by atoms with Crippen LogP contribution in [0, 0.1) is 0 Å². The lowest BCUT2D eigenvalue weighted by Gasteiger charge is -2.25. The lowest BCUT2D eigenvalue weighted by Crippen LogP contribution is -2.26. The van der Waals surface area contributed by atoms with Crippen LogP contribution in [0.15, 0.2) is 42.7 Å². The van der Waals surface area contributed by atoms with Crippen LogP contribution in [0.5, 0.6) is 0 Å². The lowest BCUT2D eigenvalue weighted by atomic mass is 9.88. The number of rotatable bonds is 5. The van der Waals surface area contributed by atoms with Crippen molar-refractivity contribution in [2.75, 3.05) is 5.32 Å². The molecule has 1 aliphatic rings. The Morgan fingerprint density at radius 1 is 1.26 bits per heavy atom. The molecule has 1 unspecified atom stereocenters. The Hall–Kier alpha value is -2.89. The second kappa shape index (κ2) is 7.02. The second-order valence-electron chi connectivity index (χ2n) is 7.33. The van der Waals surface area contributed by atoms with Gasteiger partial charge in [0, 0.05) is 30.9 Å². The van der Waals surface area contributed by atoms with E-state index >= 15 is 0 Å². The molecule has 0 radical (unpaired) electrons. The maximum atomic E-state index is 12.6. The molecule has 6 heteroatoms. The number of anilines is 1. The average molecular weight is 363 g/mol. The molecule has 0 aliphatic carbocycles. The van der Waals surface area contributed by atoms with E-state index < -0.39 is 0 Å². The smallest absolute Gasteiger partial charge is 0.226 e. The van der Waals surface area contributed by atoms with Crippen molar-refractivity contribution in [3.63, 3.8) is 0 Å². The van der Waals surface area contributed by atoms with Gasteiger partial charge < -0.3 is 9.88 Å². The quantitative estimate of drug-likeness (QED) is 0.743. The van der Waals surface area contributed by atoms with Gasteiger partial charge in [0.1, 0.15) is 11.6 Å². The average Bonchev–Trinajstić information content (AvgIpc) is 3.27. The summed E-state index contributed by atoms with van der Waals surface area (Å²) in [4.78, 5) is 17.2. The number of hydrogen-bond donors (Lipinski definition) is 1. The minimum atomic E-state index is -0.0786. The van der Waals surface area contributed by atoms with E-state index in [9.17, 15) is 4.79 Å². The van der Waals surface area contributed by atoms with E-state index in [2.05, 4.69) is 35.6 Å². The molecule has 1 aromatic carbocycles. The lowest BCUT2D eigenvalue weighted by molar-refractivity contribution is -0.116. The van der Waals surface area contributed by atoms with Crippen LogP contribution < -0.4 is 5.32 Å². The Labute approximate surface area is 159 Å². The van der Waals surface area contributed by atoms with E-state index in [0.717, 1.165) is 41.6 Å². The van der Waals surface area contributed by atoms with Crippen molar-refractivity contribution in [1.29, 1.82) is 0 Å². The van der Waals surface area contributed by atoms with Gasteiger partial charge in [-0.3, -0.25) is 4.79 Å². The van der Waals surface area contributed by atoms with Gasteiger partial charge in [-0.2, -0.15) is 5.10 Å². The number of aryl methyl sites for hydroxylation is 1. The summed E-state index contributed by atoms with van der Waals surface area (Å²) in [7, 11) is 0. The molecular weight excluding hydrogens is 338 g/mol. The van der Waals surface area contributed by atoms with Crippen LogP contribution in [0.1, 0.15) is 62.5 Å². The summed E-state index contributed by atoms with van der Waals surface area (Å²) in [5, 5.41) is 7.97. The largest absolute Gasteiger partial charge is 0.334 e. The summed E-state index contributed by atoms with van der Waals surface area (Å²) in [6.45, 7) is 7.33. The maximum absolute atomic E-state index is 12.6. The number of hydrogen-bond acceptors (Lipinski definition) is 3. The zero-order valence-corrected chi connectivity index (χ0v) is 16.0. The van der Waals surface area contributed by atoms with Crippen LogP contribution >= 0.6 is 0 Å². The van der Waals surface area contributed by atoms with Gasteiger partial charge in [-0.1, -0.05) is 39.0 Å². The van der Waals surface area contributed by atoms with Gasteiger partial charge in [-0.25, -0.2) is 9.67 Å². The first-order valence-electron chi connectivity index (χ1n) is 9.59. The fourth-order valence-corrected chi connectivity index (χ4v) is 3.85. The van der Waals surface area contributed by atoms with Gasteiger partial charge >= 0.3 is 0 Å². The minimum absolute atomic E-state index is 0.00550. The molecule has 0 fully saturated rings. The number of aromatic nitrogens is 4. The highest BCUT2D eigenvalue weighted by atomic mass is 16.1. The van der Waals surface area contributed by atoms with Crippen molar-refractivity contribution in [3.05, 3.63) is 59.8 Å². The van der Waals surface area contributed by atoms with Crippen LogP contribution in [0.25, 0.3) is 5.69 Å². The standard InChI is InChI=1S/C21H25N5O/c1-4-11-25-12-10-22-20(25)16-13-17(27)23-21-18(16)19(14(2)3)24-26(21)15-8-6-5-7-9-15/h5-10,12,14,16H,4,11,13H2,1-3H3,(H,23,27). The molecule has 1 N–H and O–H groups in total. The molecule has 140 valence electrons. The van der Waals surface area contributed by atoms with Crippen molar-refractivity contribution >= 4 is 11.7 Å². The third-order valence-corrected chi connectivity index (χ3v) is 5.02. The first kappa shape index (κ1) is 17.5. The number of nitrogens with one attached hydrogen (secondary N) is 1. The third kappa shape index (κ3) is 3.05. The number of fused-ring (bicyclic) bond motifs is 1. The van der Waals surface area contributed by atoms with Crippen LogP contribution in [-0.2, 0) is 11.3 Å². The Morgan fingerprint density at radius 2 is 2.04 bits per heavy atom. The number of para-hydroxylation sites is 1. The molecule has 0 saturated heterocycles. The van der Waals surface area contributed by atoms with Gasteiger partial charge in [-0.05, 0) is 24.5 Å². The van der Waals surface area contributed by atoms with Gasteiger partial charge in [0.05, 0.1) is 17.3 Å². The zero-order valence-electron chi connectivity index (χ0n) is 16.0. The number of imidazole rings is 1. The summed E-state index contributed by atoms with van der Waals surface area (Å²) in [6, 6.07) is 9.95. The Balaban J connectivity index is 1.91. The molecule has 2 aromatic heterocycles. The topological polar surface area (TPSA) is 64.7 Å². The van der Waals surface area contributed by atoms with E-state index in [1.165, 1.54) is 0 Å². The molecule has 0 bridgehead atoms. The van der Waals surface area contributed by atoms with E-state index in [1.807, 2.05) is 47.4 Å². The first-order chi connectivity index (χ1) is 13.1. The maximum Gasteiger partial charge on any atom is 0.226 e. The van der Waals surface area contributed by atoms with Gasteiger partial charge in [0.15, 0.2) is 0 Å². The second-order valence-corrected chi connectivity index (χ2v) is 7.33. The summed E-state index contributed by atoms with van der Waals surface area (Å²) >= 11 is 0. The van der Waals surface area contributed by atoms with E-state index in [0.29, 0.717) is 6.42 Å². The monoisotopic (exact) mass is 363 g/mol. The SMILES string of the molecule is CCCn1ccnc1C1CC(=O)Nc2c1c(C(C)C)nn2-c1ccccc1. The molecular formula is C21H25N5O. The molecule has 6 nitrogen and oxygen atoms in total. The predicted molar refractivity (Wildman–Crippen MR) is 105 cm³/mol. The number of carbonyl (C=O) groups excluding carboxylic acids is 1. The fourth-order valence-electron chi connectivity index (χ4n) is 3.85. The first-order valence-corrected chi connectivity index (χ1v) is 9.59. The van der Waals surface area contributed by atoms with E-state index in [-0.39, 0.29) is 17.7 Å². The summed E-state index contributed by atoms with van der Waals surface area (Å²) < 4.78 is 4.03. The van der Waals surface area contributed by atoms with Crippen LogP contribution in [-0.4, -0.2) is 25.2 Å². The Kier molecular flexibility index (Phi) is 4.56. The molecule has 1 aliphatic heterocycles. The van der Waals surface area contributed by atoms with E-state index in [1.54, 1.807) is 0 Å². The van der Waals surface area contributed by atoms with E-state index in [4.69, 9.17) is 5.10 Å². The highest BCUT2D eigenvalue weighted by Crippen LogP contribution is 2.42. The molecule has 1 amide bonds. The zero-order chi connectivity index (χ0) is 19.0. The molecule has 27 heavy (non-hydrogen) atoms. The fraction of sp³-hybridized carbons (Fsp3) is 0.381. The molecule has 0 spiro atoms. The molecule has 3 aromatic rings. The number of benzene rings is 1. The molecule has 3 heterocycles. The van der Waals surface area contributed by atoms with Gasteiger partial charge in [0.25, 0.3) is 0 Å². The van der Waals surface area contributed by atoms with Crippen molar-refractivity contribution in [2.45, 2.75) is 52.0 Å². The third-order valence-electron chi connectivity index (χ3n) is 5.02. The highest BCUT2D eigenvalue weighted by Gasteiger charge is 2.36. The number of carbonyl (C=O) groups is 1. The number of amides is 1. The van der Waals surface area contributed by atoms with Crippen LogP contribution in [0.2, 0.25) is 0 Å². The van der Waals surface area contributed by atoms with Gasteiger partial charge in [0.2, 0.25) is 5.91 Å². The normalized spacial score (nSPS) is 16.4. The Morgan fingerprint density at radius 3 is 2.74 bits per heavy atom. The summed E-state index contributed by atoms with van der Waals surface area (Å²) in [6.07, 6.45) is 5.25. The van der Waals surface area contributed by atoms with Crippen LogP contribution in [0.3, 0.4) is 0 Å². The van der Waals surface area contributed by atoms with Crippen LogP contribution in [0.4, 0.5) is 5.82 Å². The molecule has 4 rings (SSSR count). The molecule has 0 saturated carbocycles. The van der Waals surface area contributed by atoms with Crippen molar-refractivity contribution in [3.8, 4) is 5.69 Å². The van der Waals surface area contributed by atoms with Crippen molar-refractivity contribution in [1.82, 2.24) is 19.3 Å². The minimum Gasteiger partial charge on any atom is -0.334 e. The number of nitrogens with zero attached hydrogens (tertiary/aromatic N) is 4. The van der Waals surface area contributed by atoms with Crippen molar-refractivity contribution < 1.29 is 4.79 Å². The highest BCUT2D eigenvalue weighted by molar-refractivity contribution is 5.95. The molecule has 1 atom stereocenters. The van der Waals surface area contributed by atoms with Gasteiger partial charge in [-0.15, -0.1) is 0 Å². The predicted octanol–water partition coefficient (Wildman–Crippen LogP) is 4.08. The van der Waals surface area contributed by atoms with Crippen molar-refractivity contribution in [2.24, 2.45) is 0 Å².